The van der Waals surface area contributed by atoms with Crippen molar-refractivity contribution in [1.29, 1.82) is 5.26 Å². The van der Waals surface area contributed by atoms with E-state index < -0.39 is 0 Å². The molecule has 0 aliphatic rings. The summed E-state index contributed by atoms with van der Waals surface area (Å²) in [4.78, 5) is 0. The van der Waals surface area contributed by atoms with Crippen LogP contribution in [0, 0.1) is 25.2 Å². The first-order valence-corrected chi connectivity index (χ1v) is 5.99. The molecule has 90 valence electrons. The molecule has 2 nitrogen and oxygen atoms in total. The molecule has 0 unspecified atom stereocenters. The number of aryl methyl sites for hydroxylation is 2. The van der Waals surface area contributed by atoms with Crippen LogP contribution in [0.3, 0.4) is 0 Å². The third-order valence-corrected chi connectivity index (χ3v) is 2.96. The molecule has 0 fully saturated rings. The molecule has 1 N–H and O–H groups in total. The van der Waals surface area contributed by atoms with Gasteiger partial charge < -0.3 is 5.32 Å². The van der Waals surface area contributed by atoms with E-state index in [0.717, 1.165) is 6.54 Å². The zero-order valence-corrected chi connectivity index (χ0v) is 10.7. The van der Waals surface area contributed by atoms with E-state index in [2.05, 4.69) is 43.4 Å². The van der Waals surface area contributed by atoms with Gasteiger partial charge in [0.15, 0.2) is 0 Å². The highest BCUT2D eigenvalue weighted by molar-refractivity contribution is 5.52. The second kappa shape index (κ2) is 5.37. The summed E-state index contributed by atoms with van der Waals surface area (Å²) in [6, 6.07) is 16.2. The molecule has 0 heterocycles. The molecule has 0 aromatic heterocycles. The Morgan fingerprint density at radius 2 is 1.78 bits per heavy atom. The van der Waals surface area contributed by atoms with Gasteiger partial charge in [-0.15, -0.1) is 0 Å². The average Bonchev–Trinajstić information content (AvgIpc) is 2.40. The first-order chi connectivity index (χ1) is 8.69. The fraction of sp³-hybridized carbons (Fsp3) is 0.188. The molecule has 0 aliphatic heterocycles. The fourth-order valence-electron chi connectivity index (χ4n) is 1.82. The van der Waals surface area contributed by atoms with Crippen molar-refractivity contribution >= 4 is 5.69 Å². The van der Waals surface area contributed by atoms with Gasteiger partial charge in [0.1, 0.15) is 0 Å². The number of hydrogen-bond donors (Lipinski definition) is 1. The minimum atomic E-state index is 0.700. The molecular formula is C16H16N2. The van der Waals surface area contributed by atoms with Crippen LogP contribution in [-0.2, 0) is 6.54 Å². The van der Waals surface area contributed by atoms with Gasteiger partial charge in [0, 0.05) is 12.2 Å². The number of rotatable bonds is 3. The van der Waals surface area contributed by atoms with Crippen LogP contribution in [0.1, 0.15) is 22.3 Å². The third-order valence-electron chi connectivity index (χ3n) is 2.96. The summed E-state index contributed by atoms with van der Waals surface area (Å²) in [5.41, 5.74) is 5.54. The van der Waals surface area contributed by atoms with Crippen molar-refractivity contribution in [3.63, 3.8) is 0 Å². The predicted molar refractivity (Wildman–Crippen MR) is 74.4 cm³/mol. The van der Waals surface area contributed by atoms with E-state index in [9.17, 15) is 0 Å². The molecule has 18 heavy (non-hydrogen) atoms. The maximum atomic E-state index is 8.74. The van der Waals surface area contributed by atoms with Gasteiger partial charge >= 0.3 is 0 Å². The Labute approximate surface area is 108 Å². The molecule has 0 aliphatic carbocycles. The van der Waals surface area contributed by atoms with Crippen LogP contribution >= 0.6 is 0 Å². The van der Waals surface area contributed by atoms with Gasteiger partial charge in [-0.25, -0.2) is 0 Å². The third kappa shape index (κ3) is 2.89. The van der Waals surface area contributed by atoms with Crippen LogP contribution in [0.4, 0.5) is 5.69 Å². The Kier molecular flexibility index (Phi) is 3.64. The van der Waals surface area contributed by atoms with E-state index in [0.29, 0.717) is 5.56 Å². The molecule has 2 heteroatoms. The van der Waals surface area contributed by atoms with Crippen LogP contribution in [0.2, 0.25) is 0 Å². The van der Waals surface area contributed by atoms with E-state index in [1.807, 2.05) is 24.3 Å². The summed E-state index contributed by atoms with van der Waals surface area (Å²) in [6.07, 6.45) is 0. The first kappa shape index (κ1) is 12.2. The maximum absolute atomic E-state index is 8.74. The second-order valence-electron chi connectivity index (χ2n) is 4.48. The van der Waals surface area contributed by atoms with Crippen molar-refractivity contribution in [2.24, 2.45) is 0 Å². The molecule has 2 aromatic carbocycles. The van der Waals surface area contributed by atoms with E-state index in [1.54, 1.807) is 0 Å². The van der Waals surface area contributed by atoms with Crippen LogP contribution in [0.15, 0.2) is 42.5 Å². The molecule has 0 spiro atoms. The lowest BCUT2D eigenvalue weighted by molar-refractivity contribution is 1.14. The number of hydrogen-bond acceptors (Lipinski definition) is 2. The summed E-state index contributed by atoms with van der Waals surface area (Å²) in [6.45, 7) is 4.96. The van der Waals surface area contributed by atoms with E-state index in [-0.39, 0.29) is 0 Å². The van der Waals surface area contributed by atoms with Crippen LogP contribution in [-0.4, -0.2) is 0 Å². The minimum Gasteiger partial charge on any atom is -0.381 e. The molecule has 2 rings (SSSR count). The lowest BCUT2D eigenvalue weighted by Crippen LogP contribution is -2.01. The summed E-state index contributed by atoms with van der Waals surface area (Å²) in [7, 11) is 0. The molecule has 2 aromatic rings. The van der Waals surface area contributed by atoms with E-state index in [1.165, 1.54) is 22.4 Å². The zero-order chi connectivity index (χ0) is 13.0. The Hall–Kier alpha value is -2.27. The normalized spacial score (nSPS) is 9.83. The Morgan fingerprint density at radius 1 is 1.06 bits per heavy atom. The van der Waals surface area contributed by atoms with Gasteiger partial charge in [0.2, 0.25) is 0 Å². The molecular weight excluding hydrogens is 220 g/mol. The summed E-state index contributed by atoms with van der Waals surface area (Å²) in [5.74, 6) is 0. The predicted octanol–water partition coefficient (Wildman–Crippen LogP) is 3.79. The largest absolute Gasteiger partial charge is 0.381 e. The summed E-state index contributed by atoms with van der Waals surface area (Å²) >= 11 is 0. The highest BCUT2D eigenvalue weighted by Gasteiger charge is 1.99. The number of nitriles is 1. The van der Waals surface area contributed by atoms with Crippen molar-refractivity contribution in [3.05, 3.63) is 64.7 Å². The van der Waals surface area contributed by atoms with Crippen molar-refractivity contribution in [2.45, 2.75) is 20.4 Å². The van der Waals surface area contributed by atoms with Crippen molar-refractivity contribution in [1.82, 2.24) is 0 Å². The second-order valence-corrected chi connectivity index (χ2v) is 4.48. The smallest absolute Gasteiger partial charge is 0.0991 e. The first-order valence-electron chi connectivity index (χ1n) is 5.99. The SMILES string of the molecule is Cc1ccc(C)c(NCc2ccc(C#N)cc2)c1. The van der Waals surface area contributed by atoms with E-state index in [4.69, 9.17) is 5.26 Å². The number of nitrogens with one attached hydrogen (secondary N) is 1. The fourth-order valence-corrected chi connectivity index (χ4v) is 1.82. The van der Waals surface area contributed by atoms with Gasteiger partial charge in [-0.05, 0) is 48.7 Å². The number of nitrogens with zero attached hydrogens (tertiary/aromatic N) is 1. The molecule has 0 saturated heterocycles. The number of anilines is 1. The van der Waals surface area contributed by atoms with Crippen LogP contribution < -0.4 is 5.32 Å². The molecule has 0 bridgehead atoms. The van der Waals surface area contributed by atoms with Crippen LogP contribution in [0.25, 0.3) is 0 Å². The maximum Gasteiger partial charge on any atom is 0.0991 e. The molecule has 0 saturated carbocycles. The summed E-state index contributed by atoms with van der Waals surface area (Å²) in [5, 5.41) is 12.2. The molecule has 0 atom stereocenters. The standard InChI is InChI=1S/C16H16N2/c1-12-3-4-13(2)16(9-12)18-11-15-7-5-14(10-17)6-8-15/h3-9,18H,11H2,1-2H3. The Morgan fingerprint density at radius 3 is 2.44 bits per heavy atom. The van der Waals surface area contributed by atoms with Crippen molar-refractivity contribution in [2.75, 3.05) is 5.32 Å². The number of benzene rings is 2. The lowest BCUT2D eigenvalue weighted by Gasteiger charge is -2.10. The monoisotopic (exact) mass is 236 g/mol. The highest BCUT2D eigenvalue weighted by atomic mass is 14.9. The van der Waals surface area contributed by atoms with Gasteiger partial charge in [-0.3, -0.25) is 0 Å². The quantitative estimate of drug-likeness (QED) is 0.880. The van der Waals surface area contributed by atoms with Gasteiger partial charge in [0.25, 0.3) is 0 Å². The van der Waals surface area contributed by atoms with Gasteiger partial charge in [-0.1, -0.05) is 24.3 Å². The van der Waals surface area contributed by atoms with Crippen molar-refractivity contribution < 1.29 is 0 Å². The summed E-state index contributed by atoms with van der Waals surface area (Å²) < 4.78 is 0. The van der Waals surface area contributed by atoms with E-state index >= 15 is 0 Å². The van der Waals surface area contributed by atoms with Crippen molar-refractivity contribution in [3.8, 4) is 6.07 Å². The topological polar surface area (TPSA) is 35.8 Å². The Bertz CT molecular complexity index is 577. The minimum absolute atomic E-state index is 0.700. The highest BCUT2D eigenvalue weighted by Crippen LogP contribution is 2.17. The molecule has 0 radical (unpaired) electrons. The Balaban J connectivity index is 2.07. The zero-order valence-electron chi connectivity index (χ0n) is 10.7. The molecule has 0 amide bonds. The van der Waals surface area contributed by atoms with Gasteiger partial charge in [0.05, 0.1) is 11.6 Å². The average molecular weight is 236 g/mol. The van der Waals surface area contributed by atoms with Crippen LogP contribution in [0.5, 0.6) is 0 Å². The lowest BCUT2D eigenvalue weighted by atomic mass is 10.1. The van der Waals surface area contributed by atoms with Gasteiger partial charge in [-0.2, -0.15) is 5.26 Å².